The van der Waals surface area contributed by atoms with Gasteiger partial charge in [-0.1, -0.05) is 276 Å². The summed E-state index contributed by atoms with van der Waals surface area (Å²) in [5.74, 6) is -0.315. The van der Waals surface area contributed by atoms with Crippen molar-refractivity contribution in [2.24, 2.45) is 0 Å². The van der Waals surface area contributed by atoms with Gasteiger partial charge in [-0.15, -0.1) is 0 Å². The monoisotopic (exact) mass is 860 g/mol. The quantitative estimate of drug-likeness (QED) is 0.0362. The Hall–Kier alpha value is -1.17. The lowest BCUT2D eigenvalue weighted by Gasteiger charge is -2.21. The van der Waals surface area contributed by atoms with Crippen molar-refractivity contribution in [3.63, 3.8) is 0 Å². The number of hydrogen-bond acceptors (Lipinski definition) is 4. The highest BCUT2D eigenvalue weighted by atomic mass is 16.3. The maximum atomic E-state index is 12.4. The Bertz CT molecular complexity index is 905. The first-order valence-electron chi connectivity index (χ1n) is 27.6. The Kier molecular flexibility index (Phi) is 50.5. The van der Waals surface area contributed by atoms with Gasteiger partial charge in [0.1, 0.15) is 0 Å². The molecule has 0 aliphatic rings. The Balaban J connectivity index is 3.41. The smallest absolute Gasteiger partial charge is 0.222 e. The first-order chi connectivity index (χ1) is 30.0. The van der Waals surface area contributed by atoms with Crippen molar-refractivity contribution >= 4 is 5.91 Å². The fraction of sp³-hybridized carbons (Fsp3) is 0.911. The molecule has 0 bridgehead atoms. The van der Waals surface area contributed by atoms with Gasteiger partial charge in [0.2, 0.25) is 5.91 Å². The molecular weight excluding hydrogens is 751 g/mol. The minimum Gasteiger partial charge on any atom is -0.394 e. The number of amides is 1. The summed E-state index contributed by atoms with van der Waals surface area (Å²) in [5.41, 5.74) is 0. The van der Waals surface area contributed by atoms with E-state index in [2.05, 4.69) is 31.3 Å². The van der Waals surface area contributed by atoms with Gasteiger partial charge in [0.15, 0.2) is 0 Å². The van der Waals surface area contributed by atoms with Crippen molar-refractivity contribution in [2.75, 3.05) is 6.61 Å². The molecule has 0 spiro atoms. The molecule has 5 heteroatoms. The van der Waals surface area contributed by atoms with Crippen molar-refractivity contribution < 1.29 is 20.1 Å². The molecule has 0 saturated heterocycles. The number of aliphatic hydroxyl groups excluding tert-OH is 3. The van der Waals surface area contributed by atoms with Crippen molar-refractivity contribution in [2.45, 2.75) is 321 Å². The number of carbonyl (C=O) groups excluding carboxylic acids is 1. The van der Waals surface area contributed by atoms with Crippen LogP contribution in [-0.2, 0) is 4.79 Å². The van der Waals surface area contributed by atoms with Crippen LogP contribution < -0.4 is 5.32 Å². The molecule has 0 aliphatic carbocycles. The number of nitrogens with one attached hydrogen (secondary N) is 1. The number of allylic oxidation sites excluding steroid dienone is 3. The molecule has 0 aromatic heterocycles. The summed E-state index contributed by atoms with van der Waals surface area (Å²) in [7, 11) is 0. The molecule has 3 unspecified atom stereocenters. The van der Waals surface area contributed by atoms with Gasteiger partial charge >= 0.3 is 0 Å². The van der Waals surface area contributed by atoms with E-state index in [0.717, 1.165) is 25.7 Å². The molecule has 5 nitrogen and oxygen atoms in total. The number of rotatable bonds is 51. The van der Waals surface area contributed by atoms with E-state index in [9.17, 15) is 20.1 Å². The van der Waals surface area contributed by atoms with Gasteiger partial charge in [-0.2, -0.15) is 0 Å². The van der Waals surface area contributed by atoms with Crippen LogP contribution in [0.2, 0.25) is 0 Å². The SMILES string of the molecule is CCCCCCCCC/C=C/C(O)C(CO)NC(=O)CC(O)CCCCCCCCCCCCCCCCC/C=C\CCCCCCCCCCCCCCCCCCCC. The van der Waals surface area contributed by atoms with Gasteiger partial charge in [0.05, 0.1) is 31.3 Å². The summed E-state index contributed by atoms with van der Waals surface area (Å²) in [5, 5.41) is 33.2. The molecule has 0 aromatic rings. The Morgan fingerprint density at radius 3 is 1.00 bits per heavy atom. The van der Waals surface area contributed by atoms with Crippen LogP contribution in [0.5, 0.6) is 0 Å². The minimum atomic E-state index is -0.925. The van der Waals surface area contributed by atoms with Gasteiger partial charge in [-0.25, -0.2) is 0 Å². The van der Waals surface area contributed by atoms with Crippen LogP contribution in [-0.4, -0.2) is 46.1 Å². The van der Waals surface area contributed by atoms with Gasteiger partial charge in [-0.05, 0) is 44.9 Å². The van der Waals surface area contributed by atoms with Crippen molar-refractivity contribution in [3.05, 3.63) is 24.3 Å². The number of aliphatic hydroxyl groups is 3. The first-order valence-corrected chi connectivity index (χ1v) is 27.6. The molecule has 3 atom stereocenters. The zero-order valence-electron chi connectivity index (χ0n) is 41.3. The molecule has 0 radical (unpaired) electrons. The van der Waals surface area contributed by atoms with Crippen molar-refractivity contribution in [3.8, 4) is 0 Å². The van der Waals surface area contributed by atoms with Gasteiger partial charge in [0.25, 0.3) is 0 Å². The van der Waals surface area contributed by atoms with Crippen LogP contribution in [0.25, 0.3) is 0 Å². The maximum absolute atomic E-state index is 12.4. The second-order valence-electron chi connectivity index (χ2n) is 19.2. The summed E-state index contributed by atoms with van der Waals surface area (Å²) >= 11 is 0. The Morgan fingerprint density at radius 1 is 0.410 bits per heavy atom. The van der Waals surface area contributed by atoms with Gasteiger partial charge in [0, 0.05) is 0 Å². The van der Waals surface area contributed by atoms with Crippen molar-refractivity contribution in [1.82, 2.24) is 5.32 Å². The summed E-state index contributed by atoms with van der Waals surface area (Å²) in [4.78, 5) is 12.4. The van der Waals surface area contributed by atoms with E-state index in [4.69, 9.17) is 0 Å². The van der Waals surface area contributed by atoms with Crippen LogP contribution >= 0.6 is 0 Å². The molecule has 362 valence electrons. The van der Waals surface area contributed by atoms with Crippen molar-refractivity contribution in [1.29, 1.82) is 0 Å². The molecule has 0 saturated carbocycles. The summed E-state index contributed by atoms with van der Waals surface area (Å²) in [6, 6.07) is -0.740. The lowest BCUT2D eigenvalue weighted by atomic mass is 10.0. The third kappa shape index (κ3) is 48.1. The standard InChI is InChI=1S/C56H109NO4/c1-3-5-7-9-11-13-14-15-16-17-18-19-20-21-22-23-24-25-26-27-28-29-30-31-32-33-34-35-36-37-38-39-40-42-43-45-47-49-53(59)51-56(61)57-54(52-58)55(60)50-48-46-44-41-12-10-8-6-4-2/h27-28,48,50,53-55,58-60H,3-26,29-47,49,51-52H2,1-2H3,(H,57,61)/b28-27-,50-48+. The lowest BCUT2D eigenvalue weighted by molar-refractivity contribution is -0.124. The van der Waals surface area contributed by atoms with E-state index in [-0.39, 0.29) is 18.9 Å². The Labute approximate surface area is 382 Å². The Morgan fingerprint density at radius 2 is 0.689 bits per heavy atom. The van der Waals surface area contributed by atoms with E-state index in [1.54, 1.807) is 6.08 Å². The zero-order chi connectivity index (χ0) is 44.4. The molecule has 4 N–H and O–H groups in total. The summed E-state index contributed by atoms with van der Waals surface area (Å²) < 4.78 is 0. The number of hydrogen-bond donors (Lipinski definition) is 4. The zero-order valence-corrected chi connectivity index (χ0v) is 41.3. The molecule has 1 amide bonds. The van der Waals surface area contributed by atoms with Gasteiger partial charge in [-0.3, -0.25) is 4.79 Å². The highest BCUT2D eigenvalue weighted by molar-refractivity contribution is 5.76. The average Bonchev–Trinajstić information content (AvgIpc) is 3.25. The van der Waals surface area contributed by atoms with Crippen LogP contribution in [0.1, 0.15) is 303 Å². The normalized spacial score (nSPS) is 13.5. The number of carbonyl (C=O) groups is 1. The largest absolute Gasteiger partial charge is 0.394 e. The topological polar surface area (TPSA) is 89.8 Å². The highest BCUT2D eigenvalue weighted by Gasteiger charge is 2.20. The highest BCUT2D eigenvalue weighted by Crippen LogP contribution is 2.17. The molecule has 0 fully saturated rings. The first kappa shape index (κ1) is 59.8. The molecule has 0 aromatic carbocycles. The van der Waals surface area contributed by atoms with E-state index in [1.807, 2.05) is 6.08 Å². The number of unbranched alkanes of at least 4 members (excludes halogenated alkanes) is 40. The lowest BCUT2D eigenvalue weighted by Crippen LogP contribution is -2.45. The molecule has 61 heavy (non-hydrogen) atoms. The van der Waals surface area contributed by atoms with Crippen LogP contribution in [0.15, 0.2) is 24.3 Å². The maximum Gasteiger partial charge on any atom is 0.222 e. The molecular formula is C56H109NO4. The predicted molar refractivity (Wildman–Crippen MR) is 268 cm³/mol. The molecule has 0 aliphatic heterocycles. The van der Waals surface area contributed by atoms with E-state index in [0.29, 0.717) is 6.42 Å². The van der Waals surface area contributed by atoms with E-state index >= 15 is 0 Å². The second kappa shape index (κ2) is 51.5. The predicted octanol–water partition coefficient (Wildman–Crippen LogP) is 16.9. The third-order valence-electron chi connectivity index (χ3n) is 13.0. The second-order valence-corrected chi connectivity index (χ2v) is 19.2. The third-order valence-corrected chi connectivity index (χ3v) is 13.0. The van der Waals surface area contributed by atoms with Crippen LogP contribution in [0.3, 0.4) is 0 Å². The van der Waals surface area contributed by atoms with E-state index in [1.165, 1.54) is 250 Å². The average molecular weight is 860 g/mol. The van der Waals surface area contributed by atoms with E-state index < -0.39 is 18.2 Å². The van der Waals surface area contributed by atoms with Crippen LogP contribution in [0, 0.1) is 0 Å². The fourth-order valence-electron chi connectivity index (χ4n) is 8.75. The molecule has 0 heterocycles. The van der Waals surface area contributed by atoms with Crippen LogP contribution in [0.4, 0.5) is 0 Å². The molecule has 0 rings (SSSR count). The fourth-order valence-corrected chi connectivity index (χ4v) is 8.75. The van der Waals surface area contributed by atoms with Gasteiger partial charge < -0.3 is 20.6 Å². The summed E-state index contributed by atoms with van der Waals surface area (Å²) in [6.07, 6.45) is 65.4. The minimum absolute atomic E-state index is 0.0161. The summed E-state index contributed by atoms with van der Waals surface area (Å²) in [6.45, 7) is 4.20.